The van der Waals surface area contributed by atoms with Crippen molar-refractivity contribution in [3.8, 4) is 5.75 Å². The molecule has 0 amide bonds. The fourth-order valence-electron chi connectivity index (χ4n) is 2.35. The number of sulfonamides is 1. The number of benzene rings is 3. The normalized spacial score (nSPS) is 11.6. The highest BCUT2D eigenvalue weighted by Crippen LogP contribution is 2.21. The van der Waals surface area contributed by atoms with E-state index < -0.39 is 10.0 Å². The monoisotopic (exact) mass is 411 g/mol. The topological polar surface area (TPSA) is 90.8 Å². The van der Waals surface area contributed by atoms with E-state index in [-0.39, 0.29) is 21.6 Å². The predicted octanol–water partition coefficient (Wildman–Crippen LogP) is 3.51. The summed E-state index contributed by atoms with van der Waals surface area (Å²) >= 11 is 5.27. The van der Waals surface area contributed by atoms with Crippen LogP contribution in [0.2, 0.25) is 0 Å². The van der Waals surface area contributed by atoms with E-state index in [1.807, 2.05) is 6.07 Å². The molecule has 0 radical (unpaired) electrons. The highest BCUT2D eigenvalue weighted by molar-refractivity contribution is 7.90. The van der Waals surface area contributed by atoms with Crippen LogP contribution in [0.5, 0.6) is 5.75 Å². The lowest BCUT2D eigenvalue weighted by atomic mass is 10.2. The highest BCUT2D eigenvalue weighted by Gasteiger charge is 2.16. The number of hydrogen-bond acceptors (Lipinski definition) is 4. The number of nitrogens with zero attached hydrogens (tertiary/aromatic N) is 1. The molecule has 0 fully saturated rings. The van der Waals surface area contributed by atoms with Crippen LogP contribution >= 0.6 is 12.2 Å². The van der Waals surface area contributed by atoms with Crippen LogP contribution in [-0.4, -0.2) is 24.5 Å². The summed E-state index contributed by atoms with van der Waals surface area (Å²) in [6.07, 6.45) is 0. The van der Waals surface area contributed by atoms with Crippen LogP contribution < -0.4 is 10.6 Å². The number of nitrogens with one attached hydrogen (secondary N) is 2. The van der Waals surface area contributed by atoms with Gasteiger partial charge in [-0.05, 0) is 36.5 Å². The fourth-order valence-corrected chi connectivity index (χ4v) is 3.55. The van der Waals surface area contributed by atoms with Gasteiger partial charge in [0.25, 0.3) is 10.0 Å². The molecular weight excluding hydrogens is 394 g/mol. The molecular formula is C20H17N3O3S2. The van der Waals surface area contributed by atoms with Crippen LogP contribution in [0.1, 0.15) is 5.56 Å². The quantitative estimate of drug-likeness (QED) is 0.263. The lowest BCUT2D eigenvalue weighted by molar-refractivity contribution is 0.478. The number of phenolic OH excluding ortho intramolecular Hbond substituents is 1. The van der Waals surface area contributed by atoms with Crippen LogP contribution in [0.15, 0.2) is 94.2 Å². The lowest BCUT2D eigenvalue weighted by Gasteiger charge is -2.14. The maximum Gasteiger partial charge on any atom is 0.284 e. The summed E-state index contributed by atoms with van der Waals surface area (Å²) in [5.41, 5.74) is 0.932. The first-order chi connectivity index (χ1) is 13.5. The van der Waals surface area contributed by atoms with E-state index in [4.69, 9.17) is 12.2 Å². The van der Waals surface area contributed by atoms with Gasteiger partial charge < -0.3 is 15.7 Å². The Hall–Kier alpha value is -3.23. The van der Waals surface area contributed by atoms with E-state index in [0.29, 0.717) is 11.3 Å². The average Bonchev–Trinajstić information content (AvgIpc) is 2.70. The first kappa shape index (κ1) is 19.5. The second-order valence-electron chi connectivity index (χ2n) is 5.69. The van der Waals surface area contributed by atoms with Crippen molar-refractivity contribution in [2.75, 3.05) is 5.32 Å². The third kappa shape index (κ3) is 4.93. The van der Waals surface area contributed by atoms with Gasteiger partial charge in [-0.25, -0.2) is 0 Å². The van der Waals surface area contributed by atoms with Gasteiger partial charge in [0.15, 0.2) is 10.9 Å². The maximum absolute atomic E-state index is 12.7. The zero-order chi connectivity index (χ0) is 20.0. The van der Waals surface area contributed by atoms with Gasteiger partial charge in [0.1, 0.15) is 5.75 Å². The third-order valence-electron chi connectivity index (χ3n) is 3.68. The Bertz CT molecular complexity index is 1100. The van der Waals surface area contributed by atoms with E-state index in [1.54, 1.807) is 60.7 Å². The Morgan fingerprint density at radius 2 is 1.43 bits per heavy atom. The largest absolute Gasteiger partial charge is 0.506 e. The maximum atomic E-state index is 12.7. The molecule has 0 heterocycles. The van der Waals surface area contributed by atoms with Crippen LogP contribution in [-0.2, 0) is 10.0 Å². The first-order valence-corrected chi connectivity index (χ1v) is 10.1. The molecule has 28 heavy (non-hydrogen) atoms. The fraction of sp³-hybridized carbons (Fsp3) is 0. The summed E-state index contributed by atoms with van der Waals surface area (Å²) in [6, 6.07) is 23.3. The summed E-state index contributed by atoms with van der Waals surface area (Å²) in [5, 5.41) is 15.6. The van der Waals surface area contributed by atoms with E-state index >= 15 is 0 Å². The lowest BCUT2D eigenvalue weighted by Crippen LogP contribution is -2.35. The van der Waals surface area contributed by atoms with Gasteiger partial charge in [-0.15, -0.1) is 4.40 Å². The predicted molar refractivity (Wildman–Crippen MR) is 114 cm³/mol. The molecule has 142 valence electrons. The third-order valence-corrected chi connectivity index (χ3v) is 5.18. The Labute approximate surface area is 168 Å². The van der Waals surface area contributed by atoms with Gasteiger partial charge in [-0.2, -0.15) is 8.42 Å². The molecule has 6 nitrogen and oxygen atoms in total. The molecule has 0 spiro atoms. The molecule has 8 heteroatoms. The molecule has 0 saturated heterocycles. The van der Waals surface area contributed by atoms with Crippen LogP contribution in [0.3, 0.4) is 0 Å². The molecule has 0 aliphatic heterocycles. The first-order valence-electron chi connectivity index (χ1n) is 8.27. The van der Waals surface area contributed by atoms with Crippen molar-refractivity contribution in [1.29, 1.82) is 0 Å². The number of rotatable bonds is 4. The van der Waals surface area contributed by atoms with Crippen LogP contribution in [0.4, 0.5) is 5.69 Å². The van der Waals surface area contributed by atoms with Gasteiger partial charge in [0, 0.05) is 5.56 Å². The Kier molecular flexibility index (Phi) is 6.03. The number of anilines is 1. The minimum absolute atomic E-state index is 0.0155. The summed E-state index contributed by atoms with van der Waals surface area (Å²) in [4.78, 5) is 0.0739. The Morgan fingerprint density at radius 1 is 0.857 bits per heavy atom. The second-order valence-corrected chi connectivity index (χ2v) is 7.70. The van der Waals surface area contributed by atoms with Crippen molar-refractivity contribution in [3.63, 3.8) is 0 Å². The molecule has 3 rings (SSSR count). The molecule has 0 aliphatic rings. The summed E-state index contributed by atoms with van der Waals surface area (Å²) in [5.74, 6) is 0.0825. The summed E-state index contributed by atoms with van der Waals surface area (Å²) < 4.78 is 29.3. The Balaban J connectivity index is 1.92. The van der Waals surface area contributed by atoms with Gasteiger partial charge in [0.05, 0.1) is 10.6 Å². The van der Waals surface area contributed by atoms with Gasteiger partial charge in [-0.3, -0.25) is 0 Å². The zero-order valence-corrected chi connectivity index (χ0v) is 16.2. The highest BCUT2D eigenvalue weighted by atomic mass is 32.2. The van der Waals surface area contributed by atoms with Crippen molar-refractivity contribution in [2.24, 2.45) is 4.40 Å². The van der Waals surface area contributed by atoms with Gasteiger partial charge in [-0.1, -0.05) is 60.7 Å². The molecule has 0 unspecified atom stereocenters. The summed E-state index contributed by atoms with van der Waals surface area (Å²) in [6.45, 7) is 0. The SMILES string of the molecule is O=S(=O)(/N=C(/NC(=S)Nc1ccccc1O)c1ccccc1)c1ccccc1. The molecule has 3 aromatic carbocycles. The zero-order valence-electron chi connectivity index (χ0n) is 14.6. The van der Waals surface area contributed by atoms with Crippen molar-refractivity contribution < 1.29 is 13.5 Å². The molecule has 0 atom stereocenters. The van der Waals surface area contributed by atoms with E-state index in [0.717, 1.165) is 0 Å². The smallest absolute Gasteiger partial charge is 0.284 e. The Morgan fingerprint density at radius 3 is 2.07 bits per heavy atom. The molecule has 3 aromatic rings. The minimum atomic E-state index is -3.95. The molecule has 0 aromatic heterocycles. The molecule has 0 bridgehead atoms. The van der Waals surface area contributed by atoms with Crippen molar-refractivity contribution in [3.05, 3.63) is 90.5 Å². The van der Waals surface area contributed by atoms with Crippen molar-refractivity contribution in [2.45, 2.75) is 4.90 Å². The van der Waals surface area contributed by atoms with Crippen molar-refractivity contribution in [1.82, 2.24) is 5.32 Å². The van der Waals surface area contributed by atoms with Gasteiger partial charge in [0.2, 0.25) is 0 Å². The number of thiocarbonyl (C=S) groups is 1. The van der Waals surface area contributed by atoms with Crippen LogP contribution in [0, 0.1) is 0 Å². The number of aromatic hydroxyl groups is 1. The molecule has 3 N–H and O–H groups in total. The van der Waals surface area contributed by atoms with Crippen molar-refractivity contribution >= 4 is 38.9 Å². The average molecular weight is 412 g/mol. The number of para-hydroxylation sites is 2. The number of amidine groups is 1. The van der Waals surface area contributed by atoms with E-state index in [2.05, 4.69) is 15.0 Å². The second kappa shape index (κ2) is 8.64. The van der Waals surface area contributed by atoms with Crippen LogP contribution in [0.25, 0.3) is 0 Å². The standard InChI is InChI=1S/C20H17N3O3S2/c24-18-14-8-7-13-17(18)21-20(27)22-19(15-9-3-1-4-10-15)23-28(25,26)16-11-5-2-6-12-16/h1-14,24H,(H2,21,22,23,27). The molecule has 0 saturated carbocycles. The minimum Gasteiger partial charge on any atom is -0.506 e. The van der Waals surface area contributed by atoms with E-state index in [9.17, 15) is 13.5 Å². The number of phenols is 1. The molecule has 0 aliphatic carbocycles. The summed E-state index contributed by atoms with van der Waals surface area (Å²) in [7, 11) is -3.95. The van der Waals surface area contributed by atoms with Gasteiger partial charge >= 0.3 is 0 Å². The number of hydrogen-bond donors (Lipinski definition) is 3. The van der Waals surface area contributed by atoms with E-state index in [1.165, 1.54) is 18.2 Å².